The average Bonchev–Trinajstić information content (AvgIpc) is 3.24. The molecule has 0 aliphatic carbocycles. The lowest BCUT2D eigenvalue weighted by Gasteiger charge is -2.09. The standard InChI is InChI=1S/C18H18F3N3O2S/c1-11(17-23-13-4-2-3-5-14(13)24-17)8-15(25)22-9-12-6-7-16(27-12)26-10-18(19,20)21/h2-7,11H,8-10H2,1H3,(H,22,25)(H,23,24). The zero-order valence-corrected chi connectivity index (χ0v) is 15.3. The molecular formula is C18H18F3N3O2S. The number of amides is 1. The average molecular weight is 397 g/mol. The number of hydrogen-bond donors (Lipinski definition) is 2. The number of imidazole rings is 1. The molecule has 5 nitrogen and oxygen atoms in total. The number of carbonyl (C=O) groups excluding carboxylic acids is 1. The predicted octanol–water partition coefficient (Wildman–Crippen LogP) is 4.38. The van der Waals surface area contributed by atoms with E-state index in [-0.39, 0.29) is 29.9 Å². The summed E-state index contributed by atoms with van der Waals surface area (Å²) in [6.45, 7) is 0.825. The number of thiophene rings is 1. The minimum Gasteiger partial charge on any atom is -0.475 e. The minimum absolute atomic E-state index is 0.0913. The number of H-pyrrole nitrogens is 1. The molecule has 0 saturated heterocycles. The van der Waals surface area contributed by atoms with Gasteiger partial charge in [-0.1, -0.05) is 19.1 Å². The van der Waals surface area contributed by atoms with E-state index in [9.17, 15) is 18.0 Å². The summed E-state index contributed by atoms with van der Waals surface area (Å²) in [5.74, 6) is 0.492. The van der Waals surface area contributed by atoms with Crippen molar-refractivity contribution in [2.45, 2.75) is 32.0 Å². The Labute approximate surface area is 157 Å². The number of hydrogen-bond acceptors (Lipinski definition) is 4. The van der Waals surface area contributed by atoms with Crippen molar-refractivity contribution in [2.75, 3.05) is 6.61 Å². The normalized spacial score (nSPS) is 12.9. The van der Waals surface area contributed by atoms with E-state index in [2.05, 4.69) is 20.0 Å². The Hall–Kier alpha value is -2.55. The molecule has 0 aliphatic rings. The maximum atomic E-state index is 12.2. The Bertz CT molecular complexity index is 887. The van der Waals surface area contributed by atoms with E-state index in [0.29, 0.717) is 0 Å². The number of alkyl halides is 3. The molecule has 9 heteroatoms. The molecule has 27 heavy (non-hydrogen) atoms. The summed E-state index contributed by atoms with van der Waals surface area (Å²) in [5, 5.41) is 2.94. The Kier molecular flexibility index (Phi) is 5.69. The van der Waals surface area contributed by atoms with Crippen LogP contribution in [0.1, 0.15) is 30.0 Å². The van der Waals surface area contributed by atoms with Crippen molar-refractivity contribution < 1.29 is 22.7 Å². The SMILES string of the molecule is CC(CC(=O)NCc1ccc(OCC(F)(F)F)s1)c1nc2ccccc2[nH]1. The monoisotopic (exact) mass is 397 g/mol. The lowest BCUT2D eigenvalue weighted by atomic mass is 10.1. The van der Waals surface area contributed by atoms with Crippen molar-refractivity contribution in [2.24, 2.45) is 0 Å². The van der Waals surface area contributed by atoms with Gasteiger partial charge >= 0.3 is 6.18 Å². The van der Waals surface area contributed by atoms with E-state index >= 15 is 0 Å². The quantitative estimate of drug-likeness (QED) is 0.622. The number of halogens is 3. The van der Waals surface area contributed by atoms with Crippen LogP contribution in [0.3, 0.4) is 0 Å². The highest BCUT2D eigenvalue weighted by atomic mass is 32.1. The number of benzene rings is 1. The first-order valence-electron chi connectivity index (χ1n) is 8.30. The van der Waals surface area contributed by atoms with Gasteiger partial charge in [-0.15, -0.1) is 11.3 Å². The molecule has 1 unspecified atom stereocenters. The predicted molar refractivity (Wildman–Crippen MR) is 96.8 cm³/mol. The summed E-state index contributed by atoms with van der Waals surface area (Å²) in [5.41, 5.74) is 1.77. The third-order valence-electron chi connectivity index (χ3n) is 3.84. The second-order valence-electron chi connectivity index (χ2n) is 6.15. The first-order chi connectivity index (χ1) is 12.8. The van der Waals surface area contributed by atoms with Gasteiger partial charge in [0, 0.05) is 17.2 Å². The molecule has 1 atom stereocenters. The number of nitrogens with zero attached hydrogens (tertiary/aromatic N) is 1. The molecule has 3 rings (SSSR count). The van der Waals surface area contributed by atoms with Crippen LogP contribution >= 0.6 is 11.3 Å². The van der Waals surface area contributed by atoms with E-state index in [1.807, 2.05) is 31.2 Å². The van der Waals surface area contributed by atoms with Gasteiger partial charge in [0.05, 0.1) is 17.6 Å². The molecule has 0 radical (unpaired) electrons. The smallest absolute Gasteiger partial charge is 0.422 e. The second-order valence-corrected chi connectivity index (χ2v) is 7.28. The van der Waals surface area contributed by atoms with Gasteiger partial charge in [0.2, 0.25) is 5.91 Å². The number of nitrogens with one attached hydrogen (secondary N) is 2. The third-order valence-corrected chi connectivity index (χ3v) is 4.84. The van der Waals surface area contributed by atoms with E-state index in [4.69, 9.17) is 0 Å². The Morgan fingerprint density at radius 3 is 2.81 bits per heavy atom. The van der Waals surface area contributed by atoms with Crippen LogP contribution in [0.25, 0.3) is 11.0 Å². The van der Waals surface area contributed by atoms with Crippen LogP contribution in [0.4, 0.5) is 13.2 Å². The fraction of sp³-hybridized carbons (Fsp3) is 0.333. The lowest BCUT2D eigenvalue weighted by molar-refractivity contribution is -0.152. The molecule has 1 aromatic carbocycles. The zero-order chi connectivity index (χ0) is 19.4. The zero-order valence-electron chi connectivity index (χ0n) is 14.5. The molecule has 3 aromatic rings. The van der Waals surface area contributed by atoms with Crippen molar-refractivity contribution in [3.63, 3.8) is 0 Å². The molecule has 0 bridgehead atoms. The third kappa shape index (κ3) is 5.46. The van der Waals surface area contributed by atoms with Crippen LogP contribution in [0, 0.1) is 0 Å². The van der Waals surface area contributed by atoms with Crippen molar-refractivity contribution >= 4 is 28.3 Å². The van der Waals surface area contributed by atoms with Crippen molar-refractivity contribution in [1.29, 1.82) is 0 Å². The first kappa shape index (κ1) is 19.2. The molecular weight excluding hydrogens is 379 g/mol. The van der Waals surface area contributed by atoms with Gasteiger partial charge in [0.15, 0.2) is 11.7 Å². The van der Waals surface area contributed by atoms with Gasteiger partial charge in [-0.2, -0.15) is 13.2 Å². The molecule has 2 aromatic heterocycles. The molecule has 0 fully saturated rings. The number of ether oxygens (including phenoxy) is 1. The lowest BCUT2D eigenvalue weighted by Crippen LogP contribution is -2.23. The van der Waals surface area contributed by atoms with E-state index in [1.54, 1.807) is 6.07 Å². The summed E-state index contributed by atoms with van der Waals surface area (Å²) in [4.78, 5) is 20.6. The molecule has 0 spiro atoms. The van der Waals surface area contributed by atoms with Gasteiger partial charge in [-0.05, 0) is 24.3 Å². The fourth-order valence-electron chi connectivity index (χ4n) is 2.52. The Balaban J connectivity index is 1.48. The summed E-state index contributed by atoms with van der Waals surface area (Å²) in [6, 6.07) is 10.7. The first-order valence-corrected chi connectivity index (χ1v) is 9.11. The van der Waals surface area contributed by atoms with Crippen LogP contribution in [0.2, 0.25) is 0 Å². The molecule has 144 valence electrons. The Morgan fingerprint density at radius 2 is 2.07 bits per heavy atom. The van der Waals surface area contributed by atoms with Crippen LogP contribution in [-0.4, -0.2) is 28.7 Å². The van der Waals surface area contributed by atoms with Crippen molar-refractivity contribution in [3.8, 4) is 5.06 Å². The van der Waals surface area contributed by atoms with Gasteiger partial charge < -0.3 is 15.0 Å². The highest BCUT2D eigenvalue weighted by Crippen LogP contribution is 2.27. The number of rotatable bonds is 7. The van der Waals surface area contributed by atoms with E-state index in [1.165, 1.54) is 6.07 Å². The summed E-state index contributed by atoms with van der Waals surface area (Å²) < 4.78 is 41.1. The molecule has 1 amide bonds. The minimum atomic E-state index is -4.37. The molecule has 2 N–H and O–H groups in total. The number of aromatic amines is 1. The van der Waals surface area contributed by atoms with Gasteiger partial charge in [0.25, 0.3) is 0 Å². The number of aromatic nitrogens is 2. The molecule has 0 aliphatic heterocycles. The highest BCUT2D eigenvalue weighted by molar-refractivity contribution is 7.13. The Morgan fingerprint density at radius 1 is 1.30 bits per heavy atom. The number of para-hydroxylation sites is 2. The summed E-state index contributed by atoms with van der Waals surface area (Å²) >= 11 is 1.08. The van der Waals surface area contributed by atoms with Crippen LogP contribution in [-0.2, 0) is 11.3 Å². The van der Waals surface area contributed by atoms with Crippen LogP contribution < -0.4 is 10.1 Å². The van der Waals surface area contributed by atoms with Crippen LogP contribution in [0.15, 0.2) is 36.4 Å². The largest absolute Gasteiger partial charge is 0.475 e. The van der Waals surface area contributed by atoms with Gasteiger partial charge in [-0.25, -0.2) is 4.98 Å². The van der Waals surface area contributed by atoms with E-state index in [0.717, 1.165) is 33.1 Å². The fourth-order valence-corrected chi connectivity index (χ4v) is 3.32. The molecule has 2 heterocycles. The summed E-state index contributed by atoms with van der Waals surface area (Å²) in [6.07, 6.45) is -4.12. The topological polar surface area (TPSA) is 67.0 Å². The maximum absolute atomic E-state index is 12.2. The van der Waals surface area contributed by atoms with E-state index < -0.39 is 12.8 Å². The van der Waals surface area contributed by atoms with Crippen molar-refractivity contribution in [3.05, 3.63) is 47.1 Å². The van der Waals surface area contributed by atoms with Gasteiger partial charge in [-0.3, -0.25) is 4.79 Å². The summed E-state index contributed by atoms with van der Waals surface area (Å²) in [7, 11) is 0. The highest BCUT2D eigenvalue weighted by Gasteiger charge is 2.28. The second kappa shape index (κ2) is 7.99. The number of carbonyl (C=O) groups is 1. The molecule has 0 saturated carbocycles. The maximum Gasteiger partial charge on any atom is 0.422 e. The van der Waals surface area contributed by atoms with Gasteiger partial charge in [0.1, 0.15) is 5.82 Å². The van der Waals surface area contributed by atoms with Crippen molar-refractivity contribution in [1.82, 2.24) is 15.3 Å². The van der Waals surface area contributed by atoms with Crippen LogP contribution in [0.5, 0.6) is 5.06 Å². The number of fused-ring (bicyclic) bond motifs is 1.